The maximum Gasteiger partial charge on any atom is 0.120 e. The monoisotopic (exact) mass is 164 g/mol. The van der Waals surface area contributed by atoms with Crippen molar-refractivity contribution in [1.82, 2.24) is 0 Å². The summed E-state index contributed by atoms with van der Waals surface area (Å²) in [5.74, 6) is 0. The SMILES string of the molecule is Cc1ccccc1C1CCOO1. The number of aryl methyl sites for hydroxylation is 1. The molecule has 1 atom stereocenters. The summed E-state index contributed by atoms with van der Waals surface area (Å²) in [4.78, 5) is 9.99. The third-order valence-corrected chi connectivity index (χ3v) is 2.18. The van der Waals surface area contributed by atoms with Gasteiger partial charge in [-0.05, 0) is 18.1 Å². The lowest BCUT2D eigenvalue weighted by Gasteiger charge is -2.09. The highest BCUT2D eigenvalue weighted by molar-refractivity contribution is 5.27. The van der Waals surface area contributed by atoms with Crippen molar-refractivity contribution in [1.29, 1.82) is 0 Å². The average molecular weight is 164 g/mol. The smallest absolute Gasteiger partial charge is 0.120 e. The highest BCUT2D eigenvalue weighted by Gasteiger charge is 2.20. The van der Waals surface area contributed by atoms with Crippen LogP contribution in [-0.2, 0) is 9.78 Å². The van der Waals surface area contributed by atoms with E-state index in [0.29, 0.717) is 6.61 Å². The van der Waals surface area contributed by atoms with E-state index in [-0.39, 0.29) is 6.10 Å². The van der Waals surface area contributed by atoms with Crippen LogP contribution < -0.4 is 0 Å². The Bertz CT molecular complexity index is 264. The Kier molecular flexibility index (Phi) is 2.11. The molecule has 0 bridgehead atoms. The topological polar surface area (TPSA) is 18.5 Å². The van der Waals surface area contributed by atoms with E-state index in [0.717, 1.165) is 6.42 Å². The number of hydrogen-bond donors (Lipinski definition) is 0. The van der Waals surface area contributed by atoms with Gasteiger partial charge in [0.2, 0.25) is 0 Å². The second-order valence-corrected chi connectivity index (χ2v) is 3.05. The van der Waals surface area contributed by atoms with Crippen LogP contribution >= 0.6 is 0 Å². The Labute approximate surface area is 72.0 Å². The maximum absolute atomic E-state index is 5.12. The van der Waals surface area contributed by atoms with Gasteiger partial charge >= 0.3 is 0 Å². The molecule has 0 saturated carbocycles. The molecular formula is C10H12O2. The Balaban J connectivity index is 2.26. The Morgan fingerprint density at radius 2 is 2.17 bits per heavy atom. The summed E-state index contributed by atoms with van der Waals surface area (Å²) in [7, 11) is 0. The van der Waals surface area contributed by atoms with E-state index in [2.05, 4.69) is 19.1 Å². The van der Waals surface area contributed by atoms with E-state index in [1.807, 2.05) is 12.1 Å². The second-order valence-electron chi connectivity index (χ2n) is 3.05. The van der Waals surface area contributed by atoms with Crippen LogP contribution in [0.1, 0.15) is 23.7 Å². The van der Waals surface area contributed by atoms with Crippen LogP contribution in [0.3, 0.4) is 0 Å². The lowest BCUT2D eigenvalue weighted by molar-refractivity contribution is -0.276. The van der Waals surface area contributed by atoms with Crippen molar-refractivity contribution in [3.05, 3.63) is 35.4 Å². The van der Waals surface area contributed by atoms with Crippen molar-refractivity contribution in [3.63, 3.8) is 0 Å². The molecule has 0 spiro atoms. The Hall–Kier alpha value is -0.860. The minimum absolute atomic E-state index is 0.145. The quantitative estimate of drug-likeness (QED) is 0.593. The molecule has 1 aliphatic heterocycles. The van der Waals surface area contributed by atoms with Crippen LogP contribution in [0.4, 0.5) is 0 Å². The molecule has 1 aromatic carbocycles. The van der Waals surface area contributed by atoms with Gasteiger partial charge in [0.15, 0.2) is 0 Å². The minimum Gasteiger partial charge on any atom is -0.236 e. The van der Waals surface area contributed by atoms with Crippen LogP contribution in [0.5, 0.6) is 0 Å². The summed E-state index contributed by atoms with van der Waals surface area (Å²) in [5.41, 5.74) is 2.52. The van der Waals surface area contributed by atoms with E-state index in [9.17, 15) is 0 Å². The Morgan fingerprint density at radius 3 is 2.83 bits per heavy atom. The van der Waals surface area contributed by atoms with Gasteiger partial charge in [0.25, 0.3) is 0 Å². The van der Waals surface area contributed by atoms with Crippen LogP contribution in [0.15, 0.2) is 24.3 Å². The summed E-state index contributed by atoms with van der Waals surface area (Å²) >= 11 is 0. The summed E-state index contributed by atoms with van der Waals surface area (Å²) in [6, 6.07) is 8.25. The molecule has 0 amide bonds. The van der Waals surface area contributed by atoms with Crippen LogP contribution in [0.2, 0.25) is 0 Å². The van der Waals surface area contributed by atoms with Crippen molar-refractivity contribution in [2.75, 3.05) is 6.61 Å². The van der Waals surface area contributed by atoms with E-state index in [1.54, 1.807) is 0 Å². The first kappa shape index (κ1) is 7.77. The van der Waals surface area contributed by atoms with Gasteiger partial charge in [-0.2, -0.15) is 0 Å². The van der Waals surface area contributed by atoms with Crippen LogP contribution in [-0.4, -0.2) is 6.61 Å². The van der Waals surface area contributed by atoms with Gasteiger partial charge in [-0.3, -0.25) is 0 Å². The van der Waals surface area contributed by atoms with Crippen molar-refractivity contribution in [2.24, 2.45) is 0 Å². The first-order valence-corrected chi connectivity index (χ1v) is 4.22. The molecule has 1 unspecified atom stereocenters. The molecule has 1 fully saturated rings. The number of rotatable bonds is 1. The standard InChI is InChI=1S/C10H12O2/c1-8-4-2-3-5-9(8)10-6-7-11-12-10/h2-5,10H,6-7H2,1H3. The summed E-state index contributed by atoms with van der Waals surface area (Å²) in [6.45, 7) is 2.80. The van der Waals surface area contributed by atoms with Gasteiger partial charge in [-0.1, -0.05) is 24.3 Å². The molecule has 1 aliphatic rings. The summed E-state index contributed by atoms with van der Waals surface area (Å²) in [5, 5.41) is 0. The molecule has 0 radical (unpaired) electrons. The van der Waals surface area contributed by atoms with E-state index < -0.39 is 0 Å². The van der Waals surface area contributed by atoms with E-state index >= 15 is 0 Å². The van der Waals surface area contributed by atoms with Crippen molar-refractivity contribution in [2.45, 2.75) is 19.4 Å². The fourth-order valence-electron chi connectivity index (χ4n) is 1.49. The molecule has 12 heavy (non-hydrogen) atoms. The van der Waals surface area contributed by atoms with Gasteiger partial charge < -0.3 is 0 Å². The molecule has 0 N–H and O–H groups in total. The van der Waals surface area contributed by atoms with Crippen molar-refractivity contribution >= 4 is 0 Å². The minimum atomic E-state index is 0.145. The van der Waals surface area contributed by atoms with E-state index in [4.69, 9.17) is 9.78 Å². The van der Waals surface area contributed by atoms with Gasteiger partial charge in [-0.15, -0.1) is 0 Å². The maximum atomic E-state index is 5.12. The first-order chi connectivity index (χ1) is 5.88. The zero-order valence-corrected chi connectivity index (χ0v) is 7.12. The summed E-state index contributed by atoms with van der Waals surface area (Å²) < 4.78 is 0. The van der Waals surface area contributed by atoms with Gasteiger partial charge in [0.05, 0.1) is 6.61 Å². The highest BCUT2D eigenvalue weighted by atomic mass is 17.2. The third-order valence-electron chi connectivity index (χ3n) is 2.18. The predicted octanol–water partition coefficient (Wildman–Crippen LogP) is 2.39. The van der Waals surface area contributed by atoms with Gasteiger partial charge in [-0.25, -0.2) is 9.78 Å². The first-order valence-electron chi connectivity index (χ1n) is 4.22. The Morgan fingerprint density at radius 1 is 1.33 bits per heavy atom. The molecular weight excluding hydrogens is 152 g/mol. The fourth-order valence-corrected chi connectivity index (χ4v) is 1.49. The predicted molar refractivity (Wildman–Crippen MR) is 45.6 cm³/mol. The molecule has 0 aliphatic carbocycles. The number of benzene rings is 1. The highest BCUT2D eigenvalue weighted by Crippen LogP contribution is 2.28. The van der Waals surface area contributed by atoms with Crippen molar-refractivity contribution < 1.29 is 9.78 Å². The van der Waals surface area contributed by atoms with E-state index in [1.165, 1.54) is 11.1 Å². The molecule has 1 saturated heterocycles. The molecule has 1 aromatic rings. The second kappa shape index (κ2) is 3.25. The zero-order valence-electron chi connectivity index (χ0n) is 7.12. The summed E-state index contributed by atoms with van der Waals surface area (Å²) in [6.07, 6.45) is 1.11. The molecule has 0 aromatic heterocycles. The molecule has 1 heterocycles. The lowest BCUT2D eigenvalue weighted by atomic mass is 10.0. The molecule has 2 nitrogen and oxygen atoms in total. The van der Waals surface area contributed by atoms with Gasteiger partial charge in [0, 0.05) is 6.42 Å². The van der Waals surface area contributed by atoms with Crippen LogP contribution in [0.25, 0.3) is 0 Å². The lowest BCUT2D eigenvalue weighted by Crippen LogP contribution is -1.97. The average Bonchev–Trinajstić information content (AvgIpc) is 2.57. The molecule has 2 rings (SSSR count). The largest absolute Gasteiger partial charge is 0.236 e. The van der Waals surface area contributed by atoms with Crippen molar-refractivity contribution in [3.8, 4) is 0 Å². The van der Waals surface area contributed by atoms with Crippen LogP contribution in [0, 0.1) is 6.92 Å². The zero-order chi connectivity index (χ0) is 8.39. The third kappa shape index (κ3) is 1.36. The fraction of sp³-hybridized carbons (Fsp3) is 0.400. The van der Waals surface area contributed by atoms with Gasteiger partial charge in [0.1, 0.15) is 6.10 Å². The number of hydrogen-bond acceptors (Lipinski definition) is 2. The molecule has 2 heteroatoms. The normalized spacial score (nSPS) is 22.9. The molecule has 64 valence electrons.